The second-order valence-electron chi connectivity index (χ2n) is 3.34. The van der Waals surface area contributed by atoms with Crippen LogP contribution in [-0.4, -0.2) is 28.2 Å². The number of anilines is 1. The zero-order valence-corrected chi connectivity index (χ0v) is 8.42. The summed E-state index contributed by atoms with van der Waals surface area (Å²) in [7, 11) is 0. The Morgan fingerprint density at radius 3 is 3.00 bits per heavy atom. The van der Waals surface area contributed by atoms with Crippen LogP contribution in [0, 0.1) is 0 Å². The second kappa shape index (κ2) is 3.44. The molecule has 84 valence electrons. The van der Waals surface area contributed by atoms with Gasteiger partial charge in [0.1, 0.15) is 6.26 Å². The van der Waals surface area contributed by atoms with Crippen molar-refractivity contribution in [2.75, 3.05) is 18.9 Å². The molecule has 0 spiro atoms. The van der Waals surface area contributed by atoms with Crippen LogP contribution in [-0.2, 0) is 0 Å². The lowest BCUT2D eigenvalue weighted by Gasteiger charge is -2.03. The summed E-state index contributed by atoms with van der Waals surface area (Å²) in [6, 6.07) is 1.67. The van der Waals surface area contributed by atoms with E-state index in [1.807, 2.05) is 0 Å². The number of hydrogen-bond donors (Lipinski definition) is 1. The highest BCUT2D eigenvalue weighted by Gasteiger charge is 2.23. The lowest BCUT2D eigenvalue weighted by atomic mass is 10.5. The van der Waals surface area contributed by atoms with E-state index >= 15 is 0 Å². The minimum absolute atomic E-state index is 0.292. The van der Waals surface area contributed by atoms with E-state index in [1.54, 1.807) is 6.07 Å². The third-order valence-corrected chi connectivity index (χ3v) is 2.24. The summed E-state index contributed by atoms with van der Waals surface area (Å²) in [6.07, 6.45) is 2.27. The summed E-state index contributed by atoms with van der Waals surface area (Å²) >= 11 is 0. The minimum atomic E-state index is 0.292. The maximum Gasteiger partial charge on any atom is 0.264 e. The van der Waals surface area contributed by atoms with Gasteiger partial charge in [0.15, 0.2) is 11.6 Å². The Bertz CT molecular complexity index is 491. The third-order valence-electron chi connectivity index (χ3n) is 2.24. The normalized spacial score (nSPS) is 14.8. The summed E-state index contributed by atoms with van der Waals surface area (Å²) in [5, 5.41) is 7.87. The molecule has 0 atom stereocenters. The maximum absolute atomic E-state index is 5.74. The standard InChI is InChI=1S/C9H10N4O3/c10-8-7-9(15-4-1-3-14-7)13(11-8)6-2-5-16-12-6/h2,5H,1,3-4H2,(H2,10,11). The highest BCUT2D eigenvalue weighted by Crippen LogP contribution is 2.36. The lowest BCUT2D eigenvalue weighted by Crippen LogP contribution is -2.04. The predicted octanol–water partition coefficient (Wildman–Crippen LogP) is 0.604. The molecule has 2 aromatic heterocycles. The van der Waals surface area contributed by atoms with E-state index in [-0.39, 0.29) is 0 Å². The molecule has 0 bridgehead atoms. The molecule has 0 amide bonds. The van der Waals surface area contributed by atoms with Crippen molar-refractivity contribution in [3.63, 3.8) is 0 Å². The largest absolute Gasteiger partial charge is 0.485 e. The Hall–Kier alpha value is -2.18. The molecule has 3 heterocycles. The molecule has 1 aliphatic rings. The van der Waals surface area contributed by atoms with E-state index in [9.17, 15) is 0 Å². The van der Waals surface area contributed by atoms with Gasteiger partial charge >= 0.3 is 0 Å². The van der Waals surface area contributed by atoms with Crippen LogP contribution in [0.5, 0.6) is 11.6 Å². The molecular weight excluding hydrogens is 212 g/mol. The monoisotopic (exact) mass is 222 g/mol. The number of rotatable bonds is 1. The van der Waals surface area contributed by atoms with Gasteiger partial charge in [-0.15, -0.1) is 5.10 Å². The van der Waals surface area contributed by atoms with Crippen LogP contribution < -0.4 is 15.2 Å². The Morgan fingerprint density at radius 1 is 1.31 bits per heavy atom. The number of fused-ring (bicyclic) bond motifs is 1. The Morgan fingerprint density at radius 2 is 2.19 bits per heavy atom. The Balaban J connectivity index is 2.13. The molecule has 0 fully saturated rings. The number of hydrogen-bond acceptors (Lipinski definition) is 6. The van der Waals surface area contributed by atoms with Crippen molar-refractivity contribution in [1.82, 2.24) is 14.9 Å². The van der Waals surface area contributed by atoms with Crippen molar-refractivity contribution in [3.05, 3.63) is 12.3 Å². The Kier molecular flexibility index (Phi) is 1.95. The first-order chi connectivity index (χ1) is 7.86. The average molecular weight is 222 g/mol. The van der Waals surface area contributed by atoms with Crippen molar-refractivity contribution in [2.45, 2.75) is 6.42 Å². The molecule has 1 aliphatic heterocycles. The number of nitrogen functional groups attached to an aromatic ring is 1. The first-order valence-electron chi connectivity index (χ1n) is 4.91. The Labute approximate surface area is 90.7 Å². The molecule has 0 aliphatic carbocycles. The van der Waals surface area contributed by atoms with Gasteiger partial charge in [0, 0.05) is 12.5 Å². The lowest BCUT2D eigenvalue weighted by molar-refractivity contribution is 0.285. The van der Waals surface area contributed by atoms with Crippen LogP contribution in [0.4, 0.5) is 5.82 Å². The molecule has 0 radical (unpaired) electrons. The first-order valence-corrected chi connectivity index (χ1v) is 4.91. The maximum atomic E-state index is 5.74. The molecule has 0 saturated heterocycles. The van der Waals surface area contributed by atoms with Gasteiger partial charge in [0.05, 0.1) is 13.2 Å². The molecule has 0 aromatic carbocycles. The van der Waals surface area contributed by atoms with Crippen LogP contribution in [0.2, 0.25) is 0 Å². The van der Waals surface area contributed by atoms with Gasteiger partial charge in [0.2, 0.25) is 5.75 Å². The number of nitrogens with two attached hydrogens (primary N) is 1. The highest BCUT2D eigenvalue weighted by molar-refractivity contribution is 5.55. The smallest absolute Gasteiger partial charge is 0.264 e. The molecule has 2 aromatic rings. The van der Waals surface area contributed by atoms with Gasteiger partial charge in [-0.05, 0) is 0 Å². The molecule has 2 N–H and O–H groups in total. The average Bonchev–Trinajstić information content (AvgIpc) is 2.82. The topological polar surface area (TPSA) is 88.3 Å². The fourth-order valence-electron chi connectivity index (χ4n) is 1.54. The van der Waals surface area contributed by atoms with Crippen molar-refractivity contribution >= 4 is 5.82 Å². The summed E-state index contributed by atoms with van der Waals surface area (Å²) in [5.41, 5.74) is 5.74. The van der Waals surface area contributed by atoms with Crippen molar-refractivity contribution in [1.29, 1.82) is 0 Å². The van der Waals surface area contributed by atoms with Gasteiger partial charge in [-0.25, -0.2) is 0 Å². The van der Waals surface area contributed by atoms with E-state index in [0.717, 1.165) is 6.42 Å². The fraction of sp³-hybridized carbons (Fsp3) is 0.333. The minimum Gasteiger partial charge on any atom is -0.485 e. The SMILES string of the molecule is Nc1nn(-c2ccon2)c2c1OCCCO2. The van der Waals surface area contributed by atoms with Crippen LogP contribution in [0.25, 0.3) is 5.82 Å². The van der Waals surface area contributed by atoms with Gasteiger partial charge in [-0.2, -0.15) is 4.68 Å². The van der Waals surface area contributed by atoms with Crippen LogP contribution in [0.1, 0.15) is 6.42 Å². The molecule has 7 heteroatoms. The van der Waals surface area contributed by atoms with Gasteiger partial charge in [-0.3, -0.25) is 0 Å². The van der Waals surface area contributed by atoms with Crippen molar-refractivity contribution < 1.29 is 14.0 Å². The third kappa shape index (κ3) is 1.28. The zero-order chi connectivity index (χ0) is 11.0. The number of aromatic nitrogens is 3. The van der Waals surface area contributed by atoms with Gasteiger partial charge in [-0.1, -0.05) is 5.16 Å². The van der Waals surface area contributed by atoms with Crippen LogP contribution in [0.15, 0.2) is 16.9 Å². The van der Waals surface area contributed by atoms with E-state index in [1.165, 1.54) is 10.9 Å². The van der Waals surface area contributed by atoms with Crippen molar-refractivity contribution in [3.8, 4) is 17.4 Å². The number of nitrogens with zero attached hydrogens (tertiary/aromatic N) is 3. The first kappa shape index (κ1) is 9.08. The van der Waals surface area contributed by atoms with Gasteiger partial charge in [0.25, 0.3) is 5.88 Å². The molecule has 0 saturated carbocycles. The molecular formula is C9H10N4O3. The van der Waals surface area contributed by atoms with Gasteiger partial charge < -0.3 is 19.7 Å². The molecule has 7 nitrogen and oxygen atoms in total. The van der Waals surface area contributed by atoms with Crippen molar-refractivity contribution in [2.24, 2.45) is 0 Å². The summed E-state index contributed by atoms with van der Waals surface area (Å²) in [6.45, 7) is 1.14. The summed E-state index contributed by atoms with van der Waals surface area (Å²) in [5.74, 6) is 1.75. The van der Waals surface area contributed by atoms with E-state index in [0.29, 0.717) is 36.5 Å². The quantitative estimate of drug-likeness (QED) is 0.760. The van der Waals surface area contributed by atoms with E-state index < -0.39 is 0 Å². The van der Waals surface area contributed by atoms with Crippen LogP contribution >= 0.6 is 0 Å². The highest BCUT2D eigenvalue weighted by atomic mass is 16.5. The summed E-state index contributed by atoms with van der Waals surface area (Å²) in [4.78, 5) is 0. The zero-order valence-electron chi connectivity index (χ0n) is 8.42. The molecule has 16 heavy (non-hydrogen) atoms. The number of ether oxygens (including phenoxy) is 2. The second-order valence-corrected chi connectivity index (χ2v) is 3.34. The molecule has 0 unspecified atom stereocenters. The van der Waals surface area contributed by atoms with E-state index in [4.69, 9.17) is 19.7 Å². The predicted molar refractivity (Wildman–Crippen MR) is 53.6 cm³/mol. The molecule has 3 rings (SSSR count). The van der Waals surface area contributed by atoms with E-state index in [2.05, 4.69) is 10.3 Å². The van der Waals surface area contributed by atoms with Crippen LogP contribution in [0.3, 0.4) is 0 Å². The fourth-order valence-corrected chi connectivity index (χ4v) is 1.54. The summed E-state index contributed by atoms with van der Waals surface area (Å²) < 4.78 is 17.2.